The van der Waals surface area contributed by atoms with Crippen molar-refractivity contribution >= 4 is 23.1 Å². The number of nitrogens with one attached hydrogen (secondary N) is 1. The molecule has 2 atom stereocenters. The van der Waals surface area contributed by atoms with E-state index in [0.29, 0.717) is 10.9 Å². The molecule has 0 saturated heterocycles. The van der Waals surface area contributed by atoms with E-state index in [2.05, 4.69) is 5.32 Å². The fraction of sp³-hybridized carbons (Fsp3) is 0.467. The molecule has 3 nitrogen and oxygen atoms in total. The van der Waals surface area contributed by atoms with Crippen LogP contribution < -0.4 is 11.1 Å². The lowest BCUT2D eigenvalue weighted by Crippen LogP contribution is -2.46. The highest BCUT2D eigenvalue weighted by atomic mass is 32.1. The molecule has 19 heavy (non-hydrogen) atoms. The summed E-state index contributed by atoms with van der Waals surface area (Å²) in [5.74, 6) is 0.338. The molecule has 3 N–H and O–H groups in total. The van der Waals surface area contributed by atoms with E-state index in [-0.39, 0.29) is 17.9 Å². The lowest BCUT2D eigenvalue weighted by atomic mass is 9.95. The van der Waals surface area contributed by atoms with Crippen molar-refractivity contribution in [2.24, 2.45) is 11.7 Å². The number of rotatable bonds is 6. The van der Waals surface area contributed by atoms with Gasteiger partial charge in [-0.3, -0.25) is 4.79 Å². The molecule has 1 saturated carbocycles. The fourth-order valence-electron chi connectivity index (χ4n) is 2.36. The molecule has 4 heteroatoms. The maximum atomic E-state index is 12.4. The van der Waals surface area contributed by atoms with Gasteiger partial charge in [-0.25, -0.2) is 0 Å². The molecule has 0 aliphatic heterocycles. The third kappa shape index (κ3) is 3.53. The summed E-state index contributed by atoms with van der Waals surface area (Å²) < 4.78 is 0. The quantitative estimate of drug-likeness (QED) is 0.784. The van der Waals surface area contributed by atoms with Crippen LogP contribution in [0.15, 0.2) is 30.3 Å². The molecule has 1 amide bonds. The lowest BCUT2D eigenvalue weighted by Gasteiger charge is -2.21. The summed E-state index contributed by atoms with van der Waals surface area (Å²) in [6, 6.07) is 9.70. The van der Waals surface area contributed by atoms with Gasteiger partial charge in [0.2, 0.25) is 5.91 Å². The Hall–Kier alpha value is -1.42. The Morgan fingerprint density at radius 1 is 1.42 bits per heavy atom. The van der Waals surface area contributed by atoms with Crippen molar-refractivity contribution in [3.05, 3.63) is 35.9 Å². The van der Waals surface area contributed by atoms with E-state index in [1.165, 1.54) is 0 Å². The van der Waals surface area contributed by atoms with Crippen molar-refractivity contribution in [1.29, 1.82) is 0 Å². The van der Waals surface area contributed by atoms with Crippen LogP contribution >= 0.6 is 12.2 Å². The van der Waals surface area contributed by atoms with E-state index in [0.717, 1.165) is 24.8 Å². The van der Waals surface area contributed by atoms with Crippen LogP contribution in [0.4, 0.5) is 0 Å². The molecule has 0 aromatic heterocycles. The van der Waals surface area contributed by atoms with E-state index in [4.69, 9.17) is 18.0 Å². The summed E-state index contributed by atoms with van der Waals surface area (Å²) in [4.78, 5) is 12.8. The van der Waals surface area contributed by atoms with Gasteiger partial charge in [0.05, 0.1) is 16.9 Å². The first-order valence-electron chi connectivity index (χ1n) is 6.78. The summed E-state index contributed by atoms with van der Waals surface area (Å²) >= 11 is 5.05. The van der Waals surface area contributed by atoms with Crippen molar-refractivity contribution in [2.75, 3.05) is 0 Å². The van der Waals surface area contributed by atoms with Crippen molar-refractivity contribution in [3.8, 4) is 0 Å². The predicted octanol–water partition coefficient (Wildman–Crippen LogP) is 2.36. The number of amides is 1. The van der Waals surface area contributed by atoms with Crippen LogP contribution in [0, 0.1) is 5.92 Å². The lowest BCUT2D eigenvalue weighted by molar-refractivity contribution is -0.123. The maximum Gasteiger partial charge on any atom is 0.228 e. The summed E-state index contributed by atoms with van der Waals surface area (Å²) in [6.45, 7) is 2.02. The summed E-state index contributed by atoms with van der Waals surface area (Å²) in [7, 11) is 0. The third-order valence-electron chi connectivity index (χ3n) is 3.62. The molecule has 2 unspecified atom stereocenters. The molecule has 1 aromatic rings. The maximum absolute atomic E-state index is 12.4. The Kier molecular flexibility index (Phi) is 4.53. The minimum absolute atomic E-state index is 0.0263. The van der Waals surface area contributed by atoms with Crippen LogP contribution in [-0.4, -0.2) is 16.9 Å². The van der Waals surface area contributed by atoms with E-state index in [9.17, 15) is 4.79 Å². The van der Waals surface area contributed by atoms with Crippen LogP contribution in [0.3, 0.4) is 0 Å². The van der Waals surface area contributed by atoms with Crippen molar-refractivity contribution in [2.45, 2.75) is 38.1 Å². The molecule has 2 rings (SSSR count). The second-order valence-electron chi connectivity index (χ2n) is 5.10. The van der Waals surface area contributed by atoms with Crippen molar-refractivity contribution < 1.29 is 4.79 Å². The average molecular weight is 276 g/mol. The zero-order valence-corrected chi connectivity index (χ0v) is 12.0. The van der Waals surface area contributed by atoms with Gasteiger partial charge in [-0.05, 0) is 30.7 Å². The first kappa shape index (κ1) is 14.0. The van der Waals surface area contributed by atoms with Crippen molar-refractivity contribution in [1.82, 2.24) is 5.32 Å². The molecule has 1 aromatic carbocycles. The molecule has 1 aliphatic carbocycles. The second-order valence-corrected chi connectivity index (χ2v) is 5.57. The Morgan fingerprint density at radius 3 is 2.53 bits per heavy atom. The molecular weight excluding hydrogens is 256 g/mol. The smallest absolute Gasteiger partial charge is 0.228 e. The van der Waals surface area contributed by atoms with Gasteiger partial charge in [0.25, 0.3) is 0 Å². The van der Waals surface area contributed by atoms with Crippen LogP contribution in [0.1, 0.15) is 37.7 Å². The van der Waals surface area contributed by atoms with Crippen LogP contribution in [0.5, 0.6) is 0 Å². The van der Waals surface area contributed by atoms with Gasteiger partial charge in [0.15, 0.2) is 0 Å². The summed E-state index contributed by atoms with van der Waals surface area (Å²) in [6.07, 6.45) is 2.97. The number of carbonyl (C=O) groups excluding carboxylic acids is 1. The molecule has 0 spiro atoms. The van der Waals surface area contributed by atoms with Gasteiger partial charge in [0.1, 0.15) is 0 Å². The predicted molar refractivity (Wildman–Crippen MR) is 80.9 cm³/mol. The zero-order chi connectivity index (χ0) is 13.8. The Morgan fingerprint density at radius 2 is 2.05 bits per heavy atom. The minimum atomic E-state index is -0.139. The molecule has 0 bridgehead atoms. The molecular formula is C15H20N2OS. The van der Waals surface area contributed by atoms with Crippen LogP contribution in [0.2, 0.25) is 0 Å². The minimum Gasteiger partial charge on any atom is -0.392 e. The number of benzene rings is 1. The molecule has 1 aliphatic rings. The second kappa shape index (κ2) is 6.15. The number of hydrogen-bond acceptors (Lipinski definition) is 2. The highest BCUT2D eigenvalue weighted by Crippen LogP contribution is 2.33. The summed E-state index contributed by atoms with van der Waals surface area (Å²) in [5, 5.41) is 3.02. The van der Waals surface area contributed by atoms with Crippen molar-refractivity contribution in [3.63, 3.8) is 0 Å². The van der Waals surface area contributed by atoms with E-state index in [1.54, 1.807) is 0 Å². The van der Waals surface area contributed by atoms with E-state index in [1.807, 2.05) is 37.3 Å². The number of thiocarbonyl (C=S) groups is 1. The number of nitrogens with two attached hydrogens (primary N) is 1. The average Bonchev–Trinajstić information content (AvgIpc) is 3.22. The topological polar surface area (TPSA) is 55.1 Å². The van der Waals surface area contributed by atoms with Gasteiger partial charge < -0.3 is 11.1 Å². The van der Waals surface area contributed by atoms with Gasteiger partial charge in [-0.2, -0.15) is 0 Å². The number of carbonyl (C=O) groups is 1. The Balaban J connectivity index is 2.06. The standard InChI is InChI=1S/C15H20N2OS/c1-2-12(10-6-4-3-5-7-10)15(18)17-13(14(16)19)11-8-9-11/h3-7,11-13H,2,8-9H2,1H3,(H2,16,19)(H,17,18). The normalized spacial score (nSPS) is 17.5. The molecule has 0 heterocycles. The van der Waals surface area contributed by atoms with Crippen LogP contribution in [0.25, 0.3) is 0 Å². The molecule has 0 radical (unpaired) electrons. The van der Waals surface area contributed by atoms with Gasteiger partial charge in [-0.1, -0.05) is 49.5 Å². The van der Waals surface area contributed by atoms with Crippen LogP contribution in [-0.2, 0) is 4.79 Å². The molecule has 1 fully saturated rings. The highest BCUT2D eigenvalue weighted by molar-refractivity contribution is 7.80. The molecule has 102 valence electrons. The van der Waals surface area contributed by atoms with E-state index >= 15 is 0 Å². The van der Waals surface area contributed by atoms with Gasteiger partial charge >= 0.3 is 0 Å². The largest absolute Gasteiger partial charge is 0.392 e. The Labute approximate surface area is 119 Å². The fourth-order valence-corrected chi connectivity index (χ4v) is 2.61. The summed E-state index contributed by atoms with van der Waals surface area (Å²) in [5.41, 5.74) is 6.76. The first-order valence-corrected chi connectivity index (χ1v) is 7.19. The van der Waals surface area contributed by atoms with Gasteiger partial charge in [0, 0.05) is 0 Å². The monoisotopic (exact) mass is 276 g/mol. The zero-order valence-electron chi connectivity index (χ0n) is 11.1. The van der Waals surface area contributed by atoms with Gasteiger partial charge in [-0.15, -0.1) is 0 Å². The first-order chi connectivity index (χ1) is 9.13. The Bertz CT molecular complexity index is 456. The van der Waals surface area contributed by atoms with E-state index < -0.39 is 0 Å². The SMILES string of the molecule is CCC(C(=O)NC(C(N)=S)C1CC1)c1ccccc1. The third-order valence-corrected chi connectivity index (χ3v) is 3.88. The number of hydrogen-bond donors (Lipinski definition) is 2. The highest BCUT2D eigenvalue weighted by Gasteiger charge is 2.35.